The van der Waals surface area contributed by atoms with Crippen molar-refractivity contribution >= 4 is 6.09 Å². The molecule has 0 radical (unpaired) electrons. The zero-order valence-electron chi connectivity index (χ0n) is 10.1. The van der Waals surface area contributed by atoms with Gasteiger partial charge in [-0.15, -0.1) is 0 Å². The highest BCUT2D eigenvalue weighted by molar-refractivity contribution is 5.67. The third-order valence-corrected chi connectivity index (χ3v) is 3.21. The molecule has 1 aromatic rings. The Morgan fingerprint density at radius 2 is 2.29 bits per heavy atom. The third kappa shape index (κ3) is 2.42. The van der Waals surface area contributed by atoms with Crippen molar-refractivity contribution in [1.29, 1.82) is 0 Å². The summed E-state index contributed by atoms with van der Waals surface area (Å²) in [5.41, 5.74) is 3.19. The van der Waals surface area contributed by atoms with Crippen molar-refractivity contribution in [1.82, 2.24) is 5.32 Å². The summed E-state index contributed by atoms with van der Waals surface area (Å²) in [6.07, 6.45) is 0.441. The summed E-state index contributed by atoms with van der Waals surface area (Å²) in [6.45, 7) is 1.99. The van der Waals surface area contributed by atoms with E-state index in [-0.39, 0.29) is 6.04 Å². The predicted octanol–water partition coefficient (Wildman–Crippen LogP) is 1.70. The maximum atomic E-state index is 11.2. The molecule has 1 aliphatic rings. The molecule has 2 atom stereocenters. The second kappa shape index (κ2) is 4.75. The van der Waals surface area contributed by atoms with E-state index in [0.29, 0.717) is 0 Å². The average Bonchev–Trinajstić information content (AvgIpc) is 2.33. The highest BCUT2D eigenvalue weighted by Crippen LogP contribution is 2.30. The number of alkyl carbamates (subject to hydrolysis) is 1. The van der Waals surface area contributed by atoms with E-state index in [0.717, 1.165) is 29.5 Å². The standard InChI is InChI=1S/C13H17NO3/c1-8-3-4-9-5-6-11(14-13(16)17-2)12(15)10(9)7-8/h3-4,7,11-12,15H,5-6H2,1-2H3,(H,14,16)/t11-,12-/m1/s1. The van der Waals surface area contributed by atoms with E-state index >= 15 is 0 Å². The molecule has 0 unspecified atom stereocenters. The first kappa shape index (κ1) is 11.9. The Kier molecular flexibility index (Phi) is 3.33. The van der Waals surface area contributed by atoms with Crippen molar-refractivity contribution in [3.05, 3.63) is 34.9 Å². The number of fused-ring (bicyclic) bond motifs is 1. The van der Waals surface area contributed by atoms with E-state index in [2.05, 4.69) is 10.1 Å². The fourth-order valence-corrected chi connectivity index (χ4v) is 2.26. The van der Waals surface area contributed by atoms with Gasteiger partial charge in [0, 0.05) is 0 Å². The molecule has 1 amide bonds. The van der Waals surface area contributed by atoms with Gasteiger partial charge in [-0.3, -0.25) is 0 Å². The molecular weight excluding hydrogens is 218 g/mol. The lowest BCUT2D eigenvalue weighted by Gasteiger charge is -2.30. The van der Waals surface area contributed by atoms with Crippen LogP contribution in [-0.4, -0.2) is 24.4 Å². The van der Waals surface area contributed by atoms with Gasteiger partial charge in [0.05, 0.1) is 19.3 Å². The number of nitrogens with one attached hydrogen (secondary N) is 1. The van der Waals surface area contributed by atoms with Crippen LogP contribution in [0.1, 0.15) is 29.2 Å². The lowest BCUT2D eigenvalue weighted by molar-refractivity contribution is 0.104. The predicted molar refractivity (Wildman–Crippen MR) is 63.8 cm³/mol. The summed E-state index contributed by atoms with van der Waals surface area (Å²) >= 11 is 0. The van der Waals surface area contributed by atoms with Gasteiger partial charge in [-0.25, -0.2) is 4.79 Å². The third-order valence-electron chi connectivity index (χ3n) is 3.21. The number of aliphatic hydroxyl groups is 1. The van der Waals surface area contributed by atoms with Crippen LogP contribution >= 0.6 is 0 Å². The lowest BCUT2D eigenvalue weighted by Crippen LogP contribution is -2.41. The molecule has 1 aromatic carbocycles. The minimum atomic E-state index is -0.655. The summed E-state index contributed by atoms with van der Waals surface area (Å²) in [5.74, 6) is 0. The van der Waals surface area contributed by atoms with E-state index in [9.17, 15) is 9.90 Å². The van der Waals surface area contributed by atoms with Crippen molar-refractivity contribution in [2.75, 3.05) is 7.11 Å². The molecule has 2 rings (SSSR count). The van der Waals surface area contributed by atoms with Gasteiger partial charge in [-0.2, -0.15) is 0 Å². The van der Waals surface area contributed by atoms with Crippen molar-refractivity contribution in [2.24, 2.45) is 0 Å². The van der Waals surface area contributed by atoms with Gasteiger partial charge in [0.1, 0.15) is 0 Å². The van der Waals surface area contributed by atoms with Gasteiger partial charge in [0.25, 0.3) is 0 Å². The average molecular weight is 235 g/mol. The van der Waals surface area contributed by atoms with Gasteiger partial charge >= 0.3 is 6.09 Å². The summed E-state index contributed by atoms with van der Waals surface area (Å²) in [4.78, 5) is 11.2. The van der Waals surface area contributed by atoms with E-state index in [1.807, 2.05) is 25.1 Å². The van der Waals surface area contributed by atoms with Gasteiger partial charge in [-0.05, 0) is 30.9 Å². The minimum Gasteiger partial charge on any atom is -0.453 e. The number of rotatable bonds is 1. The molecule has 0 heterocycles. The Hall–Kier alpha value is -1.55. The number of carbonyl (C=O) groups is 1. The molecule has 0 fully saturated rings. The maximum Gasteiger partial charge on any atom is 0.407 e. The number of aryl methyl sites for hydroxylation is 2. The number of benzene rings is 1. The normalized spacial score (nSPS) is 22.8. The number of amides is 1. The van der Waals surface area contributed by atoms with E-state index < -0.39 is 12.2 Å². The van der Waals surface area contributed by atoms with Crippen LogP contribution in [0.3, 0.4) is 0 Å². The van der Waals surface area contributed by atoms with Crippen molar-refractivity contribution in [3.8, 4) is 0 Å². The molecule has 4 heteroatoms. The van der Waals surface area contributed by atoms with Gasteiger partial charge < -0.3 is 15.2 Å². The molecule has 2 N–H and O–H groups in total. The molecule has 17 heavy (non-hydrogen) atoms. The molecule has 1 aliphatic carbocycles. The number of methoxy groups -OCH3 is 1. The summed E-state index contributed by atoms with van der Waals surface area (Å²) in [5, 5.41) is 12.9. The SMILES string of the molecule is COC(=O)N[C@@H]1CCc2ccc(C)cc2[C@H]1O. The first-order chi connectivity index (χ1) is 8.11. The molecule has 0 saturated heterocycles. The van der Waals surface area contributed by atoms with E-state index in [4.69, 9.17) is 0 Å². The van der Waals surface area contributed by atoms with Crippen LogP contribution in [-0.2, 0) is 11.2 Å². The molecule has 92 valence electrons. The number of hydrogen-bond acceptors (Lipinski definition) is 3. The van der Waals surface area contributed by atoms with E-state index in [1.54, 1.807) is 0 Å². The smallest absolute Gasteiger partial charge is 0.407 e. The topological polar surface area (TPSA) is 58.6 Å². The van der Waals surface area contributed by atoms with Crippen LogP contribution in [0.15, 0.2) is 18.2 Å². The largest absolute Gasteiger partial charge is 0.453 e. The Morgan fingerprint density at radius 1 is 1.53 bits per heavy atom. The first-order valence-electron chi connectivity index (χ1n) is 5.74. The monoisotopic (exact) mass is 235 g/mol. The summed E-state index contributed by atoms with van der Waals surface area (Å²) in [7, 11) is 1.32. The molecular formula is C13H17NO3. The second-order valence-electron chi connectivity index (χ2n) is 4.43. The zero-order valence-corrected chi connectivity index (χ0v) is 10.1. The van der Waals surface area contributed by atoms with Crippen LogP contribution in [0.2, 0.25) is 0 Å². The minimum absolute atomic E-state index is 0.267. The number of aliphatic hydroxyl groups excluding tert-OH is 1. The quantitative estimate of drug-likeness (QED) is 0.779. The van der Waals surface area contributed by atoms with Gasteiger partial charge in [0.2, 0.25) is 0 Å². The lowest BCUT2D eigenvalue weighted by atomic mass is 9.85. The van der Waals surface area contributed by atoms with Crippen molar-refractivity contribution in [2.45, 2.75) is 31.9 Å². The molecule has 0 saturated carbocycles. The number of hydrogen-bond donors (Lipinski definition) is 2. The highest BCUT2D eigenvalue weighted by Gasteiger charge is 2.29. The molecule has 0 spiro atoms. The van der Waals surface area contributed by atoms with Crippen molar-refractivity contribution < 1.29 is 14.6 Å². The van der Waals surface area contributed by atoms with Crippen LogP contribution in [0.25, 0.3) is 0 Å². The zero-order chi connectivity index (χ0) is 12.4. The van der Waals surface area contributed by atoms with Gasteiger partial charge in [0.15, 0.2) is 0 Å². The molecule has 0 aromatic heterocycles. The highest BCUT2D eigenvalue weighted by atomic mass is 16.5. The number of carbonyl (C=O) groups excluding carboxylic acids is 1. The Labute approximate surface area is 101 Å². The Bertz CT molecular complexity index is 431. The molecule has 0 aliphatic heterocycles. The summed E-state index contributed by atoms with van der Waals surface area (Å²) in [6, 6.07) is 5.80. The first-order valence-corrected chi connectivity index (χ1v) is 5.74. The fourth-order valence-electron chi connectivity index (χ4n) is 2.26. The van der Waals surface area contributed by atoms with Crippen LogP contribution in [0.5, 0.6) is 0 Å². The Balaban J connectivity index is 2.20. The van der Waals surface area contributed by atoms with Gasteiger partial charge in [-0.1, -0.05) is 23.8 Å². The maximum absolute atomic E-state index is 11.2. The molecule has 4 nitrogen and oxygen atoms in total. The van der Waals surface area contributed by atoms with E-state index in [1.165, 1.54) is 7.11 Å². The van der Waals surface area contributed by atoms with Crippen LogP contribution in [0.4, 0.5) is 4.79 Å². The summed E-state index contributed by atoms with van der Waals surface area (Å²) < 4.78 is 4.55. The molecule has 0 bridgehead atoms. The second-order valence-corrected chi connectivity index (χ2v) is 4.43. The Morgan fingerprint density at radius 3 is 3.00 bits per heavy atom. The van der Waals surface area contributed by atoms with Crippen LogP contribution in [0, 0.1) is 6.92 Å². The number of ether oxygens (including phenoxy) is 1. The van der Waals surface area contributed by atoms with Crippen molar-refractivity contribution in [3.63, 3.8) is 0 Å². The van der Waals surface area contributed by atoms with Crippen LogP contribution < -0.4 is 5.32 Å². The fraction of sp³-hybridized carbons (Fsp3) is 0.462.